The van der Waals surface area contributed by atoms with Gasteiger partial charge in [0.05, 0.1) is 12.7 Å². The van der Waals surface area contributed by atoms with Gasteiger partial charge in [0, 0.05) is 11.8 Å². The van der Waals surface area contributed by atoms with E-state index in [1.807, 2.05) is 48.7 Å². The molecule has 3 rings (SSSR count). The average Bonchev–Trinajstić information content (AvgIpc) is 2.97. The third-order valence-electron chi connectivity index (χ3n) is 2.90. The van der Waals surface area contributed by atoms with Crippen LogP contribution in [0.5, 0.6) is 0 Å². The summed E-state index contributed by atoms with van der Waals surface area (Å²) in [6, 6.07) is 15.6. The molecule has 5 nitrogen and oxygen atoms in total. The van der Waals surface area contributed by atoms with Crippen LogP contribution in [0.4, 0.5) is 0 Å². The molecule has 2 heterocycles. The Morgan fingerprint density at radius 1 is 1.10 bits per heavy atom. The minimum atomic E-state index is 0.394. The van der Waals surface area contributed by atoms with Gasteiger partial charge in [0.1, 0.15) is 17.5 Å². The Bertz CT molecular complexity index is 738. The van der Waals surface area contributed by atoms with Crippen molar-refractivity contribution in [3.8, 4) is 17.3 Å². The first-order valence-electron chi connectivity index (χ1n) is 6.16. The zero-order chi connectivity index (χ0) is 13.8. The van der Waals surface area contributed by atoms with Crippen molar-refractivity contribution in [2.75, 3.05) is 0 Å². The molecule has 0 saturated carbocycles. The van der Waals surface area contributed by atoms with Gasteiger partial charge in [-0.25, -0.2) is 9.67 Å². The fourth-order valence-electron chi connectivity index (χ4n) is 1.89. The highest BCUT2D eigenvalue weighted by Gasteiger charge is 2.05. The molecule has 0 unspecified atom stereocenters. The first-order valence-corrected chi connectivity index (χ1v) is 6.16. The summed E-state index contributed by atoms with van der Waals surface area (Å²) in [7, 11) is 0. The number of rotatable bonds is 3. The quantitative estimate of drug-likeness (QED) is 0.725. The molecule has 0 radical (unpaired) electrons. The second kappa shape index (κ2) is 5.33. The Hall–Kier alpha value is -3.00. The molecule has 0 amide bonds. The van der Waals surface area contributed by atoms with Crippen molar-refractivity contribution in [2.45, 2.75) is 6.54 Å². The van der Waals surface area contributed by atoms with Gasteiger partial charge in [-0.15, -0.1) is 5.10 Å². The van der Waals surface area contributed by atoms with Crippen molar-refractivity contribution in [3.63, 3.8) is 0 Å². The number of hydrogen-bond donors (Lipinski definition) is 0. The Morgan fingerprint density at radius 2 is 1.95 bits per heavy atom. The summed E-state index contributed by atoms with van der Waals surface area (Å²) >= 11 is 0. The lowest BCUT2D eigenvalue weighted by Gasteiger charge is -1.99. The predicted octanol–water partition coefficient (Wildman–Crippen LogP) is 2.26. The molecular formula is C15H11N5. The van der Waals surface area contributed by atoms with Crippen molar-refractivity contribution in [1.82, 2.24) is 20.0 Å². The molecule has 0 aliphatic carbocycles. The maximum atomic E-state index is 8.72. The largest absolute Gasteiger partial charge is 0.247 e. The third-order valence-corrected chi connectivity index (χ3v) is 2.90. The Labute approximate surface area is 116 Å². The minimum Gasteiger partial charge on any atom is -0.247 e. The minimum absolute atomic E-state index is 0.394. The zero-order valence-corrected chi connectivity index (χ0v) is 10.6. The molecule has 20 heavy (non-hydrogen) atoms. The number of hydrogen-bond acceptors (Lipinski definition) is 4. The Kier molecular flexibility index (Phi) is 3.21. The Morgan fingerprint density at radius 3 is 2.65 bits per heavy atom. The smallest absolute Gasteiger partial charge is 0.140 e. The monoisotopic (exact) mass is 261 g/mol. The average molecular weight is 261 g/mol. The topological polar surface area (TPSA) is 67.4 Å². The number of pyridine rings is 1. The van der Waals surface area contributed by atoms with Gasteiger partial charge in [0.15, 0.2) is 0 Å². The molecule has 5 heteroatoms. The zero-order valence-electron chi connectivity index (χ0n) is 10.6. The van der Waals surface area contributed by atoms with Crippen LogP contribution < -0.4 is 0 Å². The maximum Gasteiger partial charge on any atom is 0.140 e. The molecule has 3 aromatic rings. The van der Waals surface area contributed by atoms with E-state index < -0.39 is 0 Å². The van der Waals surface area contributed by atoms with Crippen LogP contribution in [0.3, 0.4) is 0 Å². The van der Waals surface area contributed by atoms with Crippen LogP contribution in [-0.2, 0) is 6.54 Å². The number of benzene rings is 1. The van der Waals surface area contributed by atoms with Crippen LogP contribution in [0.2, 0.25) is 0 Å². The first-order chi connectivity index (χ1) is 9.85. The van der Waals surface area contributed by atoms with E-state index in [-0.39, 0.29) is 0 Å². The summed E-state index contributed by atoms with van der Waals surface area (Å²) in [5.74, 6) is 0. The molecule has 0 atom stereocenters. The molecule has 0 fully saturated rings. The molecule has 0 saturated heterocycles. The van der Waals surface area contributed by atoms with Gasteiger partial charge in [-0.05, 0) is 17.7 Å². The van der Waals surface area contributed by atoms with E-state index in [0.717, 1.165) is 11.3 Å². The lowest BCUT2D eigenvalue weighted by Crippen LogP contribution is -1.99. The summed E-state index contributed by atoms with van der Waals surface area (Å²) in [6.07, 6.45) is 3.51. The molecular weight excluding hydrogens is 250 g/mol. The van der Waals surface area contributed by atoms with E-state index in [4.69, 9.17) is 5.26 Å². The highest BCUT2D eigenvalue weighted by molar-refractivity contribution is 5.56. The van der Waals surface area contributed by atoms with E-state index in [1.165, 1.54) is 5.56 Å². The highest BCUT2D eigenvalue weighted by atomic mass is 15.4. The summed E-state index contributed by atoms with van der Waals surface area (Å²) in [4.78, 5) is 4.03. The van der Waals surface area contributed by atoms with Crippen molar-refractivity contribution >= 4 is 0 Å². The fraction of sp³-hybridized carbons (Fsp3) is 0.0667. The fourth-order valence-corrected chi connectivity index (χ4v) is 1.89. The Balaban J connectivity index is 1.81. The molecule has 96 valence electrons. The van der Waals surface area contributed by atoms with Gasteiger partial charge in [-0.1, -0.05) is 35.5 Å². The lowest BCUT2D eigenvalue weighted by molar-refractivity contribution is 0.650. The van der Waals surface area contributed by atoms with Crippen molar-refractivity contribution in [3.05, 3.63) is 66.1 Å². The first kappa shape index (κ1) is 12.1. The van der Waals surface area contributed by atoms with Crippen molar-refractivity contribution < 1.29 is 0 Å². The second-order valence-electron chi connectivity index (χ2n) is 4.33. The van der Waals surface area contributed by atoms with E-state index in [2.05, 4.69) is 15.3 Å². The summed E-state index contributed by atoms with van der Waals surface area (Å²) < 4.78 is 1.78. The van der Waals surface area contributed by atoms with Crippen molar-refractivity contribution in [2.24, 2.45) is 0 Å². The molecule has 0 aliphatic heterocycles. The molecule has 0 aliphatic rings. The van der Waals surface area contributed by atoms with Gasteiger partial charge in [0.2, 0.25) is 0 Å². The van der Waals surface area contributed by atoms with Crippen LogP contribution in [0.1, 0.15) is 11.3 Å². The molecule has 1 aromatic carbocycles. The van der Waals surface area contributed by atoms with Gasteiger partial charge >= 0.3 is 0 Å². The number of aromatic nitrogens is 4. The number of nitrogens with zero attached hydrogens (tertiary/aromatic N) is 5. The van der Waals surface area contributed by atoms with E-state index in [0.29, 0.717) is 12.2 Å². The summed E-state index contributed by atoms with van der Waals surface area (Å²) in [6.45, 7) is 0.678. The molecule has 0 spiro atoms. The molecule has 0 N–H and O–H groups in total. The van der Waals surface area contributed by atoms with E-state index in [1.54, 1.807) is 16.9 Å². The number of nitriles is 1. The van der Waals surface area contributed by atoms with Crippen LogP contribution in [-0.4, -0.2) is 20.0 Å². The van der Waals surface area contributed by atoms with E-state index in [9.17, 15) is 0 Å². The summed E-state index contributed by atoms with van der Waals surface area (Å²) in [5, 5.41) is 17.0. The lowest BCUT2D eigenvalue weighted by atomic mass is 10.2. The molecule has 0 bridgehead atoms. The predicted molar refractivity (Wildman–Crippen MR) is 73.5 cm³/mol. The van der Waals surface area contributed by atoms with Gasteiger partial charge in [-0.2, -0.15) is 5.26 Å². The summed E-state index contributed by atoms with van der Waals surface area (Å²) in [5.41, 5.74) is 3.16. The van der Waals surface area contributed by atoms with Crippen molar-refractivity contribution in [1.29, 1.82) is 5.26 Å². The standard InChI is InChI=1S/C15H11N5/c16-8-14-7-6-13(9-17-14)15-11-20(19-18-15)10-12-4-2-1-3-5-12/h1-7,9,11H,10H2. The highest BCUT2D eigenvalue weighted by Crippen LogP contribution is 2.15. The van der Waals surface area contributed by atoms with E-state index >= 15 is 0 Å². The normalized spacial score (nSPS) is 10.2. The maximum absolute atomic E-state index is 8.72. The van der Waals surface area contributed by atoms with Gasteiger partial charge in [-0.3, -0.25) is 0 Å². The SMILES string of the molecule is N#Cc1ccc(-c2cn(Cc3ccccc3)nn2)cn1. The van der Waals surface area contributed by atoms with Gasteiger partial charge in [0.25, 0.3) is 0 Å². The van der Waals surface area contributed by atoms with Crippen LogP contribution in [0.15, 0.2) is 54.9 Å². The van der Waals surface area contributed by atoms with Crippen LogP contribution in [0, 0.1) is 11.3 Å². The van der Waals surface area contributed by atoms with Crippen LogP contribution in [0.25, 0.3) is 11.3 Å². The molecule has 2 aromatic heterocycles. The van der Waals surface area contributed by atoms with Gasteiger partial charge < -0.3 is 0 Å². The van der Waals surface area contributed by atoms with Crippen LogP contribution >= 0.6 is 0 Å². The third kappa shape index (κ3) is 2.54. The second-order valence-corrected chi connectivity index (χ2v) is 4.33.